The predicted molar refractivity (Wildman–Crippen MR) is 125 cm³/mol. The Morgan fingerprint density at radius 1 is 1.42 bits per heavy atom. The number of rotatable bonds is 7. The van der Waals surface area contributed by atoms with Gasteiger partial charge in [-0.2, -0.15) is 11.8 Å². The zero-order valence-electron chi connectivity index (χ0n) is 18.1. The summed E-state index contributed by atoms with van der Waals surface area (Å²) in [5.74, 6) is -0.0313. The molecule has 3 aliphatic heterocycles. The number of carboxylic acids is 1. The molecule has 2 atom stereocenters. The Kier molecular flexibility index (Phi) is 6.88. The number of nitrogens with two attached hydrogens (primary N) is 1. The SMILES string of the molecule is CO/N=C(\C(=O)NC1C(=O)N2C(C(=O)[O-])=C(C[N+]3(C)CCSCC3)CS[C@@H]12)c1csc(N)n1. The highest BCUT2D eigenvalue weighted by Crippen LogP contribution is 2.41. The van der Waals surface area contributed by atoms with E-state index in [1.54, 1.807) is 5.38 Å². The van der Waals surface area contributed by atoms with E-state index in [1.165, 1.54) is 23.8 Å². The molecule has 2 saturated heterocycles. The Hall–Kier alpha value is -2.29. The third-order valence-electron chi connectivity index (χ3n) is 5.81. The van der Waals surface area contributed by atoms with Crippen LogP contribution in [-0.2, 0) is 19.2 Å². The average Bonchev–Trinajstić information content (AvgIpc) is 3.21. The van der Waals surface area contributed by atoms with E-state index in [2.05, 4.69) is 22.5 Å². The summed E-state index contributed by atoms with van der Waals surface area (Å²) in [6, 6.07) is -0.896. The molecule has 3 N–H and O–H groups in total. The topological polar surface area (TPSA) is 150 Å². The number of carbonyl (C=O) groups excluding carboxylic acids is 3. The average molecular weight is 513 g/mol. The quantitative estimate of drug-likeness (QED) is 0.196. The molecule has 2 fully saturated rings. The summed E-state index contributed by atoms with van der Waals surface area (Å²) in [5, 5.41) is 19.7. The number of likely N-dealkylation sites (N-methyl/N-ethyl adjacent to an activating group) is 1. The second kappa shape index (κ2) is 9.52. The van der Waals surface area contributed by atoms with Crippen molar-refractivity contribution in [3.8, 4) is 0 Å². The number of hydrogen-bond donors (Lipinski definition) is 2. The fourth-order valence-electron chi connectivity index (χ4n) is 4.10. The number of nitrogens with one attached hydrogen (secondary N) is 1. The highest BCUT2D eigenvalue weighted by atomic mass is 32.2. The first-order chi connectivity index (χ1) is 15.7. The summed E-state index contributed by atoms with van der Waals surface area (Å²) in [6.07, 6.45) is 0. The molecule has 1 aromatic rings. The fraction of sp³-hybridized carbons (Fsp3) is 0.526. The molecule has 14 heteroatoms. The van der Waals surface area contributed by atoms with Gasteiger partial charge in [-0.25, -0.2) is 4.98 Å². The van der Waals surface area contributed by atoms with Gasteiger partial charge in [-0.1, -0.05) is 5.16 Å². The number of amides is 2. The number of β-lactam (4-membered cyclic amide) rings is 1. The monoisotopic (exact) mass is 512 g/mol. The molecule has 1 unspecified atom stereocenters. The molecule has 33 heavy (non-hydrogen) atoms. The molecule has 0 bridgehead atoms. The number of aliphatic carboxylic acids is 1. The van der Waals surface area contributed by atoms with Gasteiger partial charge in [0.05, 0.1) is 31.8 Å². The molecule has 4 rings (SSSR count). The van der Waals surface area contributed by atoms with Crippen molar-refractivity contribution in [3.05, 3.63) is 22.3 Å². The molecule has 2 amide bonds. The van der Waals surface area contributed by atoms with Crippen LogP contribution in [0.2, 0.25) is 0 Å². The second-order valence-electron chi connectivity index (χ2n) is 8.13. The van der Waals surface area contributed by atoms with Crippen LogP contribution in [0.15, 0.2) is 21.8 Å². The van der Waals surface area contributed by atoms with Crippen LogP contribution in [0.3, 0.4) is 0 Å². The standard InChI is InChI=1S/C19H24N6O5S3/c1-25(3-5-31-6-4-25)7-10-8-32-17-13(16(27)24(17)14(10)18(28)29)22-15(26)12(23-30-2)11-9-33-19(20)21-11/h9,13,17H,3-8H2,1-2H3,(H3-,20,21,22,26,28,29)/b23-12-/t13?,17-/m0/s1. The van der Waals surface area contributed by atoms with Crippen LogP contribution in [0.1, 0.15) is 5.69 Å². The number of oxime groups is 1. The highest BCUT2D eigenvalue weighted by molar-refractivity contribution is 8.00. The molecule has 4 heterocycles. The van der Waals surface area contributed by atoms with Crippen molar-refractivity contribution in [2.75, 3.05) is 56.8 Å². The summed E-state index contributed by atoms with van der Waals surface area (Å²) < 4.78 is 0.736. The maximum absolute atomic E-state index is 12.9. The minimum atomic E-state index is -1.37. The van der Waals surface area contributed by atoms with Gasteiger partial charge in [0.1, 0.15) is 30.8 Å². The Morgan fingerprint density at radius 2 is 2.15 bits per heavy atom. The van der Waals surface area contributed by atoms with E-state index < -0.39 is 29.2 Å². The van der Waals surface area contributed by atoms with Gasteiger partial charge in [0.2, 0.25) is 0 Å². The van der Waals surface area contributed by atoms with Gasteiger partial charge < -0.3 is 30.3 Å². The first-order valence-electron chi connectivity index (χ1n) is 10.2. The van der Waals surface area contributed by atoms with Gasteiger partial charge in [-0.15, -0.1) is 23.1 Å². The minimum absolute atomic E-state index is 0.0649. The molecule has 3 aliphatic rings. The molecular formula is C19H24N6O5S3. The van der Waals surface area contributed by atoms with Gasteiger partial charge in [0, 0.05) is 28.2 Å². The number of carboxylic acid groups (broad SMARTS) is 1. The number of thioether (sulfide) groups is 2. The van der Waals surface area contributed by atoms with Crippen LogP contribution < -0.4 is 16.2 Å². The Labute approximate surface area is 203 Å². The number of nitrogens with zero attached hydrogens (tertiary/aromatic N) is 4. The van der Waals surface area contributed by atoms with Crippen molar-refractivity contribution in [2.24, 2.45) is 5.16 Å². The van der Waals surface area contributed by atoms with E-state index in [-0.39, 0.29) is 22.2 Å². The minimum Gasteiger partial charge on any atom is -0.543 e. The number of fused-ring (bicyclic) bond motifs is 1. The lowest BCUT2D eigenvalue weighted by Crippen LogP contribution is -2.72. The number of anilines is 1. The molecular weight excluding hydrogens is 488 g/mol. The third-order valence-corrected chi connectivity index (χ3v) is 8.77. The maximum Gasteiger partial charge on any atom is 0.276 e. The molecule has 178 valence electrons. The number of quaternary nitrogens is 1. The number of nitrogen functional groups attached to an aromatic ring is 1. The van der Waals surface area contributed by atoms with E-state index in [9.17, 15) is 19.5 Å². The lowest BCUT2D eigenvalue weighted by molar-refractivity contribution is -0.901. The van der Waals surface area contributed by atoms with Crippen molar-refractivity contribution in [3.63, 3.8) is 0 Å². The zero-order valence-corrected chi connectivity index (χ0v) is 20.6. The Bertz CT molecular complexity index is 1030. The van der Waals surface area contributed by atoms with Crippen LogP contribution in [0.4, 0.5) is 5.13 Å². The summed E-state index contributed by atoms with van der Waals surface area (Å²) >= 11 is 4.46. The third kappa shape index (κ3) is 4.69. The Morgan fingerprint density at radius 3 is 2.76 bits per heavy atom. The van der Waals surface area contributed by atoms with Crippen LogP contribution in [0.25, 0.3) is 0 Å². The van der Waals surface area contributed by atoms with Crippen molar-refractivity contribution in [1.82, 2.24) is 15.2 Å². The number of aromatic nitrogens is 1. The van der Waals surface area contributed by atoms with Crippen LogP contribution >= 0.6 is 34.9 Å². The molecule has 0 spiro atoms. The number of hydrogen-bond acceptors (Lipinski definition) is 11. The predicted octanol–water partition coefficient (Wildman–Crippen LogP) is -1.33. The van der Waals surface area contributed by atoms with Crippen molar-refractivity contribution < 1.29 is 28.8 Å². The fourth-order valence-corrected chi connectivity index (χ4v) is 7.32. The van der Waals surface area contributed by atoms with Crippen LogP contribution in [-0.4, -0.2) is 100 Å². The molecule has 11 nitrogen and oxygen atoms in total. The molecule has 0 aromatic carbocycles. The molecule has 0 saturated carbocycles. The number of thiazole rings is 1. The maximum atomic E-state index is 12.9. The van der Waals surface area contributed by atoms with Gasteiger partial charge in [0.15, 0.2) is 10.8 Å². The van der Waals surface area contributed by atoms with E-state index in [1.807, 2.05) is 11.8 Å². The normalized spacial score (nSPS) is 24.7. The lowest BCUT2D eigenvalue weighted by atomic mass is 10.0. The van der Waals surface area contributed by atoms with Crippen molar-refractivity contribution in [2.45, 2.75) is 11.4 Å². The van der Waals surface area contributed by atoms with E-state index in [0.29, 0.717) is 17.9 Å². The van der Waals surface area contributed by atoms with Crippen molar-refractivity contribution >= 4 is 63.5 Å². The van der Waals surface area contributed by atoms with Gasteiger partial charge in [-0.05, 0) is 0 Å². The van der Waals surface area contributed by atoms with Crippen LogP contribution in [0, 0.1) is 0 Å². The molecule has 0 aliphatic carbocycles. The highest BCUT2D eigenvalue weighted by Gasteiger charge is 2.53. The molecule has 0 radical (unpaired) electrons. The first-order valence-corrected chi connectivity index (χ1v) is 13.2. The zero-order chi connectivity index (χ0) is 23.8. The summed E-state index contributed by atoms with van der Waals surface area (Å²) in [5.41, 5.74) is 6.38. The second-order valence-corrected chi connectivity index (χ2v) is 11.4. The van der Waals surface area contributed by atoms with Gasteiger partial charge >= 0.3 is 0 Å². The van der Waals surface area contributed by atoms with Gasteiger partial charge in [0.25, 0.3) is 11.8 Å². The largest absolute Gasteiger partial charge is 0.543 e. The van der Waals surface area contributed by atoms with E-state index in [4.69, 9.17) is 10.6 Å². The lowest BCUT2D eigenvalue weighted by Gasteiger charge is -2.51. The first kappa shape index (κ1) is 23.9. The summed E-state index contributed by atoms with van der Waals surface area (Å²) in [6.45, 7) is 2.44. The van der Waals surface area contributed by atoms with E-state index in [0.717, 1.165) is 40.4 Å². The number of carbonyl (C=O) groups is 3. The summed E-state index contributed by atoms with van der Waals surface area (Å²) in [4.78, 5) is 47.8. The molecule has 1 aromatic heterocycles. The van der Waals surface area contributed by atoms with Crippen molar-refractivity contribution in [1.29, 1.82) is 0 Å². The Balaban J connectivity index is 1.51. The van der Waals surface area contributed by atoms with Gasteiger partial charge in [-0.3, -0.25) is 14.5 Å². The van der Waals surface area contributed by atoms with E-state index >= 15 is 0 Å². The smallest absolute Gasteiger partial charge is 0.276 e. The summed E-state index contributed by atoms with van der Waals surface area (Å²) in [7, 11) is 3.40. The van der Waals surface area contributed by atoms with Crippen LogP contribution in [0.5, 0.6) is 0 Å².